The highest BCUT2D eigenvalue weighted by molar-refractivity contribution is 9.10. The molecule has 9 nitrogen and oxygen atoms in total. The molecule has 1 fully saturated rings. The lowest BCUT2D eigenvalue weighted by Gasteiger charge is -2.10. The van der Waals surface area contributed by atoms with Crippen molar-refractivity contribution < 1.29 is 28.6 Å². The number of esters is 2. The van der Waals surface area contributed by atoms with Crippen molar-refractivity contribution in [3.63, 3.8) is 0 Å². The van der Waals surface area contributed by atoms with Crippen LogP contribution in [0.2, 0.25) is 0 Å². The number of hydrogen-bond donors (Lipinski definition) is 1. The van der Waals surface area contributed by atoms with Gasteiger partial charge in [0.25, 0.3) is 5.91 Å². The molecule has 0 aliphatic carbocycles. The largest absolute Gasteiger partial charge is 0.493 e. The number of rotatable bonds is 5. The molecule has 0 aromatic heterocycles. The zero-order chi connectivity index (χ0) is 20.0. The van der Waals surface area contributed by atoms with Crippen LogP contribution in [0.4, 0.5) is 0 Å². The minimum absolute atomic E-state index is 0.158. The van der Waals surface area contributed by atoms with Gasteiger partial charge < -0.3 is 14.2 Å². The Labute approximate surface area is 167 Å². The Morgan fingerprint density at radius 2 is 2.04 bits per heavy atom. The van der Waals surface area contributed by atoms with Gasteiger partial charge in [-0.1, -0.05) is 0 Å². The molecule has 0 unspecified atom stereocenters. The van der Waals surface area contributed by atoms with Gasteiger partial charge in [-0.2, -0.15) is 5.10 Å². The Bertz CT molecular complexity index is 881. The van der Waals surface area contributed by atoms with Crippen molar-refractivity contribution in [2.75, 3.05) is 14.2 Å². The molecular formula is C16H14BrN3O6S. The molecule has 11 heteroatoms. The lowest BCUT2D eigenvalue weighted by atomic mass is 10.2. The third-order valence-electron chi connectivity index (χ3n) is 2.95. The second kappa shape index (κ2) is 9.33. The van der Waals surface area contributed by atoms with Crippen LogP contribution in [-0.4, -0.2) is 43.4 Å². The van der Waals surface area contributed by atoms with Crippen molar-refractivity contribution in [2.24, 2.45) is 10.2 Å². The van der Waals surface area contributed by atoms with E-state index in [0.29, 0.717) is 15.8 Å². The van der Waals surface area contributed by atoms with Crippen LogP contribution in [0.1, 0.15) is 12.5 Å². The van der Waals surface area contributed by atoms with E-state index in [1.54, 1.807) is 12.1 Å². The molecule has 0 spiro atoms. The number of carbonyl (C=O) groups is 3. The van der Waals surface area contributed by atoms with Gasteiger partial charge in [-0.3, -0.25) is 14.9 Å². The zero-order valence-electron chi connectivity index (χ0n) is 14.4. The van der Waals surface area contributed by atoms with Gasteiger partial charge in [-0.15, -0.1) is 5.10 Å². The minimum atomic E-state index is -0.637. The normalized spacial score (nSPS) is 16.7. The highest BCUT2D eigenvalue weighted by Gasteiger charge is 2.25. The molecule has 2 rings (SSSR count). The molecule has 1 heterocycles. The third kappa shape index (κ3) is 5.66. The number of thioether (sulfide) groups is 1. The van der Waals surface area contributed by atoms with E-state index in [1.165, 1.54) is 27.4 Å². The maximum Gasteiger partial charge on any atom is 0.331 e. The first-order valence-electron chi connectivity index (χ1n) is 7.30. The van der Waals surface area contributed by atoms with Crippen LogP contribution in [-0.2, 0) is 19.1 Å². The van der Waals surface area contributed by atoms with E-state index < -0.39 is 17.8 Å². The summed E-state index contributed by atoms with van der Waals surface area (Å²) in [6, 6.07) is 3.27. The molecule has 1 amide bonds. The van der Waals surface area contributed by atoms with Gasteiger partial charge in [0.1, 0.15) is 0 Å². The molecule has 1 aromatic carbocycles. The second-order valence-electron chi connectivity index (χ2n) is 4.87. The minimum Gasteiger partial charge on any atom is -0.493 e. The standard InChI is InChI=1S/C16H14BrN3O6S/c1-8(21)26-14-10(17)4-9(5-11(14)24-2)7-18-20-16-19-15(23)12(27-16)6-13(22)25-3/h4-7H,1-3H3,(H,19,20,23)/b12-6+,18-7?. The lowest BCUT2D eigenvalue weighted by Crippen LogP contribution is -2.19. The lowest BCUT2D eigenvalue weighted by molar-refractivity contribution is -0.135. The van der Waals surface area contributed by atoms with Gasteiger partial charge >= 0.3 is 11.9 Å². The molecule has 0 atom stereocenters. The fraction of sp³-hybridized carbons (Fsp3) is 0.188. The molecule has 1 aliphatic rings. The van der Waals surface area contributed by atoms with Crippen molar-refractivity contribution >= 4 is 56.9 Å². The molecule has 142 valence electrons. The highest BCUT2D eigenvalue weighted by atomic mass is 79.9. The molecular weight excluding hydrogens is 442 g/mol. The third-order valence-corrected chi connectivity index (χ3v) is 4.44. The SMILES string of the molecule is COC(=O)/C=C1/S/C(=N\N=Cc2cc(Br)c(OC(C)=O)c(OC)c2)NC1=O. The maximum atomic E-state index is 11.7. The summed E-state index contributed by atoms with van der Waals surface area (Å²) in [6.07, 6.45) is 2.49. The monoisotopic (exact) mass is 455 g/mol. The molecule has 0 bridgehead atoms. The predicted octanol–water partition coefficient (Wildman–Crippen LogP) is 1.99. The van der Waals surface area contributed by atoms with Crippen LogP contribution in [0.15, 0.2) is 37.8 Å². The number of amides is 1. The van der Waals surface area contributed by atoms with E-state index in [0.717, 1.165) is 17.8 Å². The molecule has 0 saturated carbocycles. The summed E-state index contributed by atoms with van der Waals surface area (Å²) in [5, 5.41) is 10.5. The summed E-state index contributed by atoms with van der Waals surface area (Å²) in [5.74, 6) is -0.992. The van der Waals surface area contributed by atoms with E-state index in [9.17, 15) is 14.4 Å². The van der Waals surface area contributed by atoms with Crippen molar-refractivity contribution in [3.05, 3.63) is 33.2 Å². The van der Waals surface area contributed by atoms with Gasteiger partial charge in [-0.25, -0.2) is 4.79 Å². The van der Waals surface area contributed by atoms with Gasteiger partial charge in [-0.05, 0) is 45.4 Å². The van der Waals surface area contributed by atoms with Gasteiger partial charge in [0.2, 0.25) is 0 Å². The first-order valence-corrected chi connectivity index (χ1v) is 8.90. The topological polar surface area (TPSA) is 116 Å². The Morgan fingerprint density at radius 1 is 1.30 bits per heavy atom. The number of nitrogens with zero attached hydrogens (tertiary/aromatic N) is 2. The van der Waals surface area contributed by atoms with E-state index in [2.05, 4.69) is 36.2 Å². The van der Waals surface area contributed by atoms with Crippen LogP contribution < -0.4 is 14.8 Å². The molecule has 0 radical (unpaired) electrons. The zero-order valence-corrected chi connectivity index (χ0v) is 16.8. The van der Waals surface area contributed by atoms with Crippen LogP contribution in [0.5, 0.6) is 11.5 Å². The van der Waals surface area contributed by atoms with E-state index in [4.69, 9.17) is 9.47 Å². The summed E-state index contributed by atoms with van der Waals surface area (Å²) in [4.78, 5) is 34.2. The number of benzene rings is 1. The van der Waals surface area contributed by atoms with Crippen LogP contribution in [0.3, 0.4) is 0 Å². The number of ether oxygens (including phenoxy) is 3. The Balaban J connectivity index is 2.17. The number of methoxy groups -OCH3 is 2. The smallest absolute Gasteiger partial charge is 0.331 e. The van der Waals surface area contributed by atoms with E-state index in [1.807, 2.05) is 0 Å². The number of amidine groups is 1. The van der Waals surface area contributed by atoms with Crippen molar-refractivity contribution in [2.45, 2.75) is 6.92 Å². The fourth-order valence-corrected chi connectivity index (χ4v) is 3.13. The van der Waals surface area contributed by atoms with Crippen molar-refractivity contribution in [3.8, 4) is 11.5 Å². The molecule has 1 N–H and O–H groups in total. The predicted molar refractivity (Wildman–Crippen MR) is 103 cm³/mol. The quantitative estimate of drug-likeness (QED) is 0.237. The van der Waals surface area contributed by atoms with Gasteiger partial charge in [0, 0.05) is 13.0 Å². The Morgan fingerprint density at radius 3 is 2.67 bits per heavy atom. The average molecular weight is 456 g/mol. The highest BCUT2D eigenvalue weighted by Crippen LogP contribution is 2.36. The molecule has 1 aliphatic heterocycles. The Kier molecular flexibility index (Phi) is 7.13. The van der Waals surface area contributed by atoms with Gasteiger partial charge in [0.05, 0.1) is 29.8 Å². The number of carbonyl (C=O) groups excluding carboxylic acids is 3. The van der Waals surface area contributed by atoms with Crippen LogP contribution >= 0.6 is 27.7 Å². The van der Waals surface area contributed by atoms with Crippen molar-refractivity contribution in [1.82, 2.24) is 5.32 Å². The molecule has 27 heavy (non-hydrogen) atoms. The first kappa shape index (κ1) is 20.6. The summed E-state index contributed by atoms with van der Waals surface area (Å²) in [6.45, 7) is 1.29. The van der Waals surface area contributed by atoms with E-state index >= 15 is 0 Å². The summed E-state index contributed by atoms with van der Waals surface area (Å²) in [7, 11) is 2.66. The van der Waals surface area contributed by atoms with Crippen molar-refractivity contribution in [1.29, 1.82) is 0 Å². The summed E-state index contributed by atoms with van der Waals surface area (Å²) in [5.41, 5.74) is 0.610. The molecule has 1 saturated heterocycles. The van der Waals surface area contributed by atoms with E-state index in [-0.39, 0.29) is 15.8 Å². The number of halogens is 1. The van der Waals surface area contributed by atoms with Gasteiger partial charge in [0.15, 0.2) is 16.7 Å². The number of hydrogen-bond acceptors (Lipinski definition) is 9. The number of nitrogens with one attached hydrogen (secondary N) is 1. The Hall–Kier alpha value is -2.66. The van der Waals surface area contributed by atoms with Crippen LogP contribution in [0, 0.1) is 0 Å². The maximum absolute atomic E-state index is 11.7. The fourth-order valence-electron chi connectivity index (χ4n) is 1.85. The summed E-state index contributed by atoms with van der Waals surface area (Å²) < 4.78 is 15.3. The second-order valence-corrected chi connectivity index (χ2v) is 6.75. The molecule has 1 aromatic rings. The first-order chi connectivity index (χ1) is 12.8. The average Bonchev–Trinajstić information content (AvgIpc) is 2.95. The van der Waals surface area contributed by atoms with Crippen LogP contribution in [0.25, 0.3) is 0 Å². The summed E-state index contributed by atoms with van der Waals surface area (Å²) >= 11 is 4.27.